The van der Waals surface area contributed by atoms with E-state index >= 15 is 0 Å². The largest absolute Gasteiger partial charge is 0.478 e. The number of hydrogen-bond acceptors (Lipinski definition) is 3. The molecular weight excluding hydrogens is 316 g/mol. The van der Waals surface area contributed by atoms with Crippen LogP contribution >= 0.6 is 11.6 Å². The number of nitriles is 1. The van der Waals surface area contributed by atoms with Crippen LogP contribution in [0.25, 0.3) is 6.08 Å². The third kappa shape index (κ3) is 4.19. The van der Waals surface area contributed by atoms with Crippen molar-refractivity contribution in [3.05, 3.63) is 70.3 Å². The molecule has 0 aliphatic heterocycles. The molecule has 0 fully saturated rings. The van der Waals surface area contributed by atoms with Crippen LogP contribution in [-0.4, -0.2) is 17.0 Å². The molecule has 2 rings (SSSR count). The second-order valence-corrected chi connectivity index (χ2v) is 4.94. The van der Waals surface area contributed by atoms with Crippen LogP contribution in [0.4, 0.5) is 5.69 Å². The zero-order valence-corrected chi connectivity index (χ0v) is 12.5. The van der Waals surface area contributed by atoms with Gasteiger partial charge in [-0.3, -0.25) is 4.79 Å². The number of amides is 1. The van der Waals surface area contributed by atoms with Crippen LogP contribution < -0.4 is 5.32 Å². The molecule has 0 saturated heterocycles. The molecule has 6 heteroatoms. The van der Waals surface area contributed by atoms with E-state index in [-0.39, 0.29) is 11.1 Å². The summed E-state index contributed by atoms with van der Waals surface area (Å²) >= 11 is 6.00. The number of anilines is 1. The van der Waals surface area contributed by atoms with Crippen molar-refractivity contribution in [2.75, 3.05) is 5.32 Å². The number of carbonyl (C=O) groups excluding carboxylic acids is 1. The highest BCUT2D eigenvalue weighted by molar-refractivity contribution is 6.32. The highest BCUT2D eigenvalue weighted by Crippen LogP contribution is 2.19. The van der Waals surface area contributed by atoms with E-state index in [4.69, 9.17) is 22.0 Å². The number of nitrogens with zero attached hydrogens (tertiary/aromatic N) is 1. The van der Waals surface area contributed by atoms with Crippen LogP contribution in [0.5, 0.6) is 0 Å². The fraction of sp³-hybridized carbons (Fsp3) is 0. The van der Waals surface area contributed by atoms with Gasteiger partial charge < -0.3 is 10.4 Å². The molecule has 0 saturated carbocycles. The van der Waals surface area contributed by atoms with Crippen molar-refractivity contribution in [1.82, 2.24) is 0 Å². The molecule has 0 bridgehead atoms. The quantitative estimate of drug-likeness (QED) is 0.663. The highest BCUT2D eigenvalue weighted by atomic mass is 35.5. The summed E-state index contributed by atoms with van der Waals surface area (Å²) in [6.45, 7) is 0. The lowest BCUT2D eigenvalue weighted by atomic mass is 10.1. The zero-order valence-electron chi connectivity index (χ0n) is 11.8. The van der Waals surface area contributed by atoms with Gasteiger partial charge in [0.25, 0.3) is 5.91 Å². The molecule has 0 heterocycles. The van der Waals surface area contributed by atoms with Crippen molar-refractivity contribution in [2.24, 2.45) is 0 Å². The first-order valence-corrected chi connectivity index (χ1v) is 6.90. The average molecular weight is 327 g/mol. The molecule has 2 aromatic rings. The number of hydrogen-bond donors (Lipinski definition) is 2. The minimum atomic E-state index is -1.06. The van der Waals surface area contributed by atoms with Gasteiger partial charge in [0.2, 0.25) is 0 Å². The number of halogens is 1. The third-order valence-electron chi connectivity index (χ3n) is 2.96. The fourth-order valence-electron chi connectivity index (χ4n) is 1.79. The van der Waals surface area contributed by atoms with E-state index < -0.39 is 11.9 Å². The summed E-state index contributed by atoms with van der Waals surface area (Å²) < 4.78 is 0. The van der Waals surface area contributed by atoms with Crippen LogP contribution in [-0.2, 0) is 4.79 Å². The summed E-state index contributed by atoms with van der Waals surface area (Å²) in [5.41, 5.74) is 0.943. The molecule has 0 aromatic heterocycles. The van der Waals surface area contributed by atoms with Crippen LogP contribution in [0.1, 0.15) is 15.9 Å². The predicted molar refractivity (Wildman–Crippen MR) is 87.1 cm³/mol. The van der Waals surface area contributed by atoms with Crippen molar-refractivity contribution >= 4 is 35.2 Å². The van der Waals surface area contributed by atoms with E-state index in [9.17, 15) is 9.59 Å². The normalized spacial score (nSPS) is 10.7. The number of rotatable bonds is 4. The van der Waals surface area contributed by atoms with Gasteiger partial charge in [-0.15, -0.1) is 0 Å². The first-order chi connectivity index (χ1) is 11.0. The average Bonchev–Trinajstić information content (AvgIpc) is 2.54. The van der Waals surface area contributed by atoms with Crippen molar-refractivity contribution in [3.63, 3.8) is 0 Å². The minimum Gasteiger partial charge on any atom is -0.478 e. The summed E-state index contributed by atoms with van der Waals surface area (Å²) in [6, 6.07) is 14.3. The van der Waals surface area contributed by atoms with Gasteiger partial charge in [0, 0.05) is 10.7 Å². The molecular formula is C17H11ClN2O3. The van der Waals surface area contributed by atoms with Crippen molar-refractivity contribution in [3.8, 4) is 6.07 Å². The summed E-state index contributed by atoms with van der Waals surface area (Å²) in [5, 5.41) is 20.9. The topological polar surface area (TPSA) is 90.2 Å². The van der Waals surface area contributed by atoms with Crippen molar-refractivity contribution < 1.29 is 14.7 Å². The molecule has 0 radical (unpaired) electrons. The number of aromatic carboxylic acids is 1. The van der Waals surface area contributed by atoms with Gasteiger partial charge in [0.15, 0.2) is 0 Å². The molecule has 23 heavy (non-hydrogen) atoms. The summed E-state index contributed by atoms with van der Waals surface area (Å²) in [6.07, 6.45) is 1.39. The van der Waals surface area contributed by atoms with E-state index in [1.807, 2.05) is 6.07 Å². The Hall–Kier alpha value is -3.10. The van der Waals surface area contributed by atoms with Gasteiger partial charge in [-0.25, -0.2) is 4.79 Å². The molecule has 0 aliphatic carbocycles. The van der Waals surface area contributed by atoms with Gasteiger partial charge in [-0.05, 0) is 42.0 Å². The highest BCUT2D eigenvalue weighted by Gasteiger charge is 2.11. The molecule has 5 nitrogen and oxygen atoms in total. The van der Waals surface area contributed by atoms with Crippen molar-refractivity contribution in [2.45, 2.75) is 0 Å². The van der Waals surface area contributed by atoms with E-state index in [0.717, 1.165) is 0 Å². The van der Waals surface area contributed by atoms with Crippen molar-refractivity contribution in [1.29, 1.82) is 5.26 Å². The Kier molecular flexibility index (Phi) is 5.13. The lowest BCUT2D eigenvalue weighted by molar-refractivity contribution is -0.112. The van der Waals surface area contributed by atoms with Gasteiger partial charge in [0.1, 0.15) is 11.6 Å². The van der Waals surface area contributed by atoms with E-state index in [0.29, 0.717) is 16.3 Å². The second-order valence-electron chi connectivity index (χ2n) is 4.53. The molecule has 2 aromatic carbocycles. The van der Waals surface area contributed by atoms with Gasteiger partial charge >= 0.3 is 5.97 Å². The number of nitrogens with one attached hydrogen (secondary N) is 1. The van der Waals surface area contributed by atoms with Gasteiger partial charge in [-0.1, -0.05) is 29.8 Å². The fourth-order valence-corrected chi connectivity index (χ4v) is 1.98. The van der Waals surface area contributed by atoms with E-state index in [1.165, 1.54) is 30.3 Å². The van der Waals surface area contributed by atoms with E-state index in [2.05, 4.69) is 5.32 Å². The predicted octanol–water partition coefficient (Wildman–Crippen LogP) is 3.58. The molecule has 114 valence electrons. The maximum atomic E-state index is 12.1. The summed E-state index contributed by atoms with van der Waals surface area (Å²) in [4.78, 5) is 22.9. The molecule has 0 unspecified atom stereocenters. The van der Waals surface area contributed by atoms with E-state index in [1.54, 1.807) is 24.3 Å². The number of carboxylic acid groups (broad SMARTS) is 1. The molecule has 1 amide bonds. The summed E-state index contributed by atoms with van der Waals surface area (Å²) in [7, 11) is 0. The maximum Gasteiger partial charge on any atom is 0.335 e. The Bertz CT molecular complexity index is 820. The number of carboxylic acids is 1. The lowest BCUT2D eigenvalue weighted by Gasteiger charge is -2.05. The van der Waals surface area contributed by atoms with Crippen LogP contribution in [0, 0.1) is 11.3 Å². The third-order valence-corrected chi connectivity index (χ3v) is 3.30. The zero-order chi connectivity index (χ0) is 16.8. The Morgan fingerprint density at radius 2 is 1.78 bits per heavy atom. The van der Waals surface area contributed by atoms with Crippen LogP contribution in [0.15, 0.2) is 54.1 Å². The number of benzene rings is 2. The monoisotopic (exact) mass is 326 g/mol. The Balaban J connectivity index is 2.19. The molecule has 0 spiro atoms. The first-order valence-electron chi connectivity index (χ1n) is 6.52. The molecule has 2 N–H and O–H groups in total. The summed E-state index contributed by atoms with van der Waals surface area (Å²) in [5.74, 6) is -1.66. The molecule has 0 aliphatic rings. The Morgan fingerprint density at radius 3 is 2.35 bits per heavy atom. The molecule has 0 atom stereocenters. The van der Waals surface area contributed by atoms with Gasteiger partial charge in [0.05, 0.1) is 5.56 Å². The first kappa shape index (κ1) is 16.3. The Morgan fingerprint density at radius 1 is 1.13 bits per heavy atom. The van der Waals surface area contributed by atoms with Crippen LogP contribution in [0.2, 0.25) is 5.02 Å². The lowest BCUT2D eigenvalue weighted by Crippen LogP contribution is -2.13. The number of carbonyl (C=O) groups is 2. The smallest absolute Gasteiger partial charge is 0.335 e. The maximum absolute atomic E-state index is 12.1. The SMILES string of the molecule is N#C/C(=C\c1ccccc1Cl)C(=O)Nc1ccc(C(=O)O)cc1. The minimum absolute atomic E-state index is 0.107. The standard InChI is InChI=1S/C17H11ClN2O3/c18-15-4-2-1-3-12(15)9-13(10-19)16(21)20-14-7-5-11(6-8-14)17(22)23/h1-9H,(H,20,21)(H,22,23)/b13-9+. The Labute approximate surface area is 137 Å². The van der Waals surface area contributed by atoms with Crippen LogP contribution in [0.3, 0.4) is 0 Å². The second kappa shape index (κ2) is 7.25. The van der Waals surface area contributed by atoms with Gasteiger partial charge in [-0.2, -0.15) is 5.26 Å².